The van der Waals surface area contributed by atoms with Gasteiger partial charge < -0.3 is 4.57 Å². The first-order valence-electron chi connectivity index (χ1n) is 10.1. The van der Waals surface area contributed by atoms with E-state index in [2.05, 4.69) is 64.7 Å². The van der Waals surface area contributed by atoms with E-state index in [1.807, 2.05) is 36.4 Å². The average molecular weight is 495 g/mol. The lowest BCUT2D eigenvalue weighted by atomic mass is 10.1. The molecule has 0 unspecified atom stereocenters. The van der Waals surface area contributed by atoms with Crippen molar-refractivity contribution in [2.24, 2.45) is 0 Å². The first-order chi connectivity index (χ1) is 14.9. The molecule has 4 nitrogen and oxygen atoms in total. The fourth-order valence-corrected chi connectivity index (χ4v) is 4.85. The number of benzene rings is 2. The van der Waals surface area contributed by atoms with Crippen molar-refractivity contribution in [3.63, 3.8) is 0 Å². The Morgan fingerprint density at radius 1 is 0.968 bits per heavy atom. The van der Waals surface area contributed by atoms with Gasteiger partial charge in [0.2, 0.25) is 0 Å². The van der Waals surface area contributed by atoms with Crippen LogP contribution in [0, 0.1) is 13.8 Å². The van der Waals surface area contributed by atoms with Crippen molar-refractivity contribution in [1.29, 1.82) is 0 Å². The van der Waals surface area contributed by atoms with Gasteiger partial charge in [0.15, 0.2) is 0 Å². The van der Waals surface area contributed by atoms with E-state index in [1.54, 1.807) is 0 Å². The van der Waals surface area contributed by atoms with Crippen LogP contribution < -0.4 is 0 Å². The van der Waals surface area contributed by atoms with Crippen LogP contribution in [-0.4, -0.2) is 20.6 Å². The fourth-order valence-electron chi connectivity index (χ4n) is 3.75. The van der Waals surface area contributed by atoms with Gasteiger partial charge in [-0.15, -0.1) is 0 Å². The standard InChI is InChI=1S/C25H23BrN2O2S/c1-17-14-21(18(2)27(17)13-12-19-6-4-3-5-7-19)15-23-24(29)28(25(30)31-23)16-20-8-10-22(26)11-9-20/h3-11,14-15H,12-13,16H2,1-2H3/b23-15-. The quantitative estimate of drug-likeness (QED) is 0.375. The fraction of sp³-hybridized carbons (Fsp3) is 0.200. The number of thioether (sulfide) groups is 1. The zero-order valence-corrected chi connectivity index (χ0v) is 19.9. The predicted octanol–water partition coefficient (Wildman–Crippen LogP) is 6.35. The number of carbonyl (C=O) groups is 2. The van der Waals surface area contributed by atoms with Crippen molar-refractivity contribution >= 4 is 44.9 Å². The van der Waals surface area contributed by atoms with E-state index in [-0.39, 0.29) is 17.7 Å². The third-order valence-corrected chi connectivity index (χ3v) is 6.93. The Balaban J connectivity index is 1.51. The molecule has 2 heterocycles. The largest absolute Gasteiger partial charge is 0.348 e. The SMILES string of the molecule is Cc1cc(/C=C2\SC(=O)N(Cc3ccc(Br)cc3)C2=O)c(C)n1CCc1ccccc1. The third-order valence-electron chi connectivity index (χ3n) is 5.49. The molecule has 0 atom stereocenters. The average Bonchev–Trinajstić information content (AvgIpc) is 3.18. The normalized spacial score (nSPS) is 15.3. The molecule has 1 aliphatic rings. The molecular weight excluding hydrogens is 472 g/mol. The number of amides is 2. The summed E-state index contributed by atoms with van der Waals surface area (Å²) in [5, 5.41) is -0.225. The number of carbonyl (C=O) groups excluding carboxylic acids is 2. The van der Waals surface area contributed by atoms with E-state index in [9.17, 15) is 9.59 Å². The van der Waals surface area contributed by atoms with Crippen molar-refractivity contribution in [2.45, 2.75) is 33.4 Å². The smallest absolute Gasteiger partial charge is 0.293 e. The van der Waals surface area contributed by atoms with Crippen LogP contribution in [0.5, 0.6) is 0 Å². The maximum Gasteiger partial charge on any atom is 0.293 e. The van der Waals surface area contributed by atoms with Crippen LogP contribution in [0.1, 0.15) is 28.1 Å². The Morgan fingerprint density at radius 3 is 2.39 bits per heavy atom. The molecule has 0 spiro atoms. The number of nitrogens with zero attached hydrogens (tertiary/aromatic N) is 2. The third kappa shape index (κ3) is 4.86. The summed E-state index contributed by atoms with van der Waals surface area (Å²) >= 11 is 4.42. The molecule has 1 fully saturated rings. The van der Waals surface area contributed by atoms with Gasteiger partial charge in [-0.05, 0) is 73.0 Å². The highest BCUT2D eigenvalue weighted by Crippen LogP contribution is 2.34. The highest BCUT2D eigenvalue weighted by molar-refractivity contribution is 9.10. The summed E-state index contributed by atoms with van der Waals surface area (Å²) in [4.78, 5) is 27.2. The number of rotatable bonds is 6. The topological polar surface area (TPSA) is 42.3 Å². The van der Waals surface area contributed by atoms with Crippen molar-refractivity contribution in [2.75, 3.05) is 0 Å². The van der Waals surface area contributed by atoms with Crippen LogP contribution in [0.25, 0.3) is 6.08 Å². The highest BCUT2D eigenvalue weighted by atomic mass is 79.9. The van der Waals surface area contributed by atoms with Crippen molar-refractivity contribution in [1.82, 2.24) is 9.47 Å². The van der Waals surface area contributed by atoms with Crippen LogP contribution in [0.3, 0.4) is 0 Å². The Labute approximate surface area is 195 Å². The van der Waals surface area contributed by atoms with Gasteiger partial charge >= 0.3 is 0 Å². The van der Waals surface area contributed by atoms with Crippen LogP contribution >= 0.6 is 27.7 Å². The summed E-state index contributed by atoms with van der Waals surface area (Å²) in [5.41, 5.74) is 5.46. The number of hydrogen-bond donors (Lipinski definition) is 0. The van der Waals surface area contributed by atoms with Crippen LogP contribution in [0.4, 0.5) is 4.79 Å². The van der Waals surface area contributed by atoms with Crippen LogP contribution in [0.15, 0.2) is 70.0 Å². The molecule has 2 amide bonds. The lowest BCUT2D eigenvalue weighted by Gasteiger charge is -2.12. The van der Waals surface area contributed by atoms with Gasteiger partial charge in [0.25, 0.3) is 11.1 Å². The Kier molecular flexibility index (Phi) is 6.49. The molecule has 1 saturated heterocycles. The second-order valence-corrected chi connectivity index (χ2v) is 9.52. The lowest BCUT2D eigenvalue weighted by molar-refractivity contribution is -0.123. The van der Waals surface area contributed by atoms with Gasteiger partial charge in [-0.2, -0.15) is 0 Å². The van der Waals surface area contributed by atoms with Crippen molar-refractivity contribution in [3.8, 4) is 0 Å². The number of aryl methyl sites for hydroxylation is 2. The molecule has 158 valence electrons. The summed E-state index contributed by atoms with van der Waals surface area (Å²) in [5.74, 6) is -0.230. The molecule has 0 aliphatic carbocycles. The Hall–Kier alpha value is -2.57. The van der Waals surface area contributed by atoms with E-state index in [1.165, 1.54) is 10.5 Å². The monoisotopic (exact) mass is 494 g/mol. The highest BCUT2D eigenvalue weighted by Gasteiger charge is 2.35. The van der Waals surface area contributed by atoms with Gasteiger partial charge in [0.05, 0.1) is 11.4 Å². The molecule has 1 aromatic heterocycles. The molecule has 0 N–H and O–H groups in total. The first kappa shape index (κ1) is 21.7. The molecule has 2 aromatic carbocycles. The maximum atomic E-state index is 12.9. The van der Waals surface area contributed by atoms with Gasteiger partial charge in [0.1, 0.15) is 0 Å². The number of halogens is 1. The predicted molar refractivity (Wildman–Crippen MR) is 130 cm³/mol. The van der Waals surface area contributed by atoms with Crippen LogP contribution in [0.2, 0.25) is 0 Å². The summed E-state index contributed by atoms with van der Waals surface area (Å²) in [6.07, 6.45) is 2.80. The molecule has 6 heteroatoms. The van der Waals surface area contributed by atoms with Crippen molar-refractivity contribution < 1.29 is 9.59 Å². The molecule has 1 aliphatic heterocycles. The number of hydrogen-bond acceptors (Lipinski definition) is 3. The minimum absolute atomic E-state index is 0.225. The van der Waals surface area contributed by atoms with Crippen molar-refractivity contribution in [3.05, 3.63) is 98.1 Å². The van der Waals surface area contributed by atoms with Gasteiger partial charge in [0, 0.05) is 22.4 Å². The van der Waals surface area contributed by atoms with Gasteiger partial charge in [-0.25, -0.2) is 0 Å². The Bertz CT molecular complexity index is 1150. The molecule has 4 rings (SSSR count). The molecule has 31 heavy (non-hydrogen) atoms. The van der Waals surface area contributed by atoms with Crippen LogP contribution in [-0.2, 0) is 24.3 Å². The van der Waals surface area contributed by atoms with E-state index in [0.29, 0.717) is 4.91 Å². The zero-order valence-electron chi connectivity index (χ0n) is 17.5. The van der Waals surface area contributed by atoms with E-state index in [4.69, 9.17) is 0 Å². The number of imide groups is 1. The summed E-state index contributed by atoms with van der Waals surface area (Å²) < 4.78 is 3.23. The van der Waals surface area contributed by atoms with Gasteiger partial charge in [-0.1, -0.05) is 58.4 Å². The minimum Gasteiger partial charge on any atom is -0.348 e. The molecule has 0 radical (unpaired) electrons. The number of aromatic nitrogens is 1. The molecule has 3 aromatic rings. The summed E-state index contributed by atoms with van der Waals surface area (Å²) in [6.45, 7) is 5.30. The first-order valence-corrected chi connectivity index (χ1v) is 11.7. The zero-order chi connectivity index (χ0) is 22.0. The summed E-state index contributed by atoms with van der Waals surface area (Å²) in [6, 6.07) is 20.1. The summed E-state index contributed by atoms with van der Waals surface area (Å²) in [7, 11) is 0. The van der Waals surface area contributed by atoms with E-state index < -0.39 is 0 Å². The molecule has 0 bridgehead atoms. The van der Waals surface area contributed by atoms with Gasteiger partial charge in [-0.3, -0.25) is 14.5 Å². The second-order valence-electron chi connectivity index (χ2n) is 7.61. The maximum absolute atomic E-state index is 12.9. The minimum atomic E-state index is -0.230. The molecule has 0 saturated carbocycles. The Morgan fingerprint density at radius 2 is 1.68 bits per heavy atom. The van der Waals surface area contributed by atoms with E-state index >= 15 is 0 Å². The molecular formula is C25H23BrN2O2S. The van der Waals surface area contributed by atoms with E-state index in [0.717, 1.165) is 51.7 Å². The second kappa shape index (κ2) is 9.28. The lowest BCUT2D eigenvalue weighted by Crippen LogP contribution is -2.27.